The van der Waals surface area contributed by atoms with Gasteiger partial charge in [-0.1, -0.05) is 24.3 Å². The van der Waals surface area contributed by atoms with Gasteiger partial charge in [0.2, 0.25) is 10.0 Å². The molecule has 6 heteroatoms. The largest absolute Gasteiger partial charge is 0.494 e. The van der Waals surface area contributed by atoms with Crippen molar-refractivity contribution < 1.29 is 13.2 Å². The number of hydrogen-bond acceptors (Lipinski definition) is 4. The van der Waals surface area contributed by atoms with Crippen molar-refractivity contribution in [3.63, 3.8) is 0 Å². The Labute approximate surface area is 162 Å². The van der Waals surface area contributed by atoms with E-state index in [1.165, 1.54) is 9.87 Å². The minimum Gasteiger partial charge on any atom is -0.494 e. The zero-order chi connectivity index (χ0) is 19.4. The van der Waals surface area contributed by atoms with Crippen molar-refractivity contribution in [1.29, 1.82) is 0 Å². The third kappa shape index (κ3) is 4.51. The first-order valence-corrected chi connectivity index (χ1v) is 10.8. The van der Waals surface area contributed by atoms with Crippen LogP contribution in [-0.4, -0.2) is 44.9 Å². The van der Waals surface area contributed by atoms with E-state index < -0.39 is 10.0 Å². The minimum atomic E-state index is -3.41. The number of sulfonamides is 1. The van der Waals surface area contributed by atoms with Crippen molar-refractivity contribution in [2.75, 3.05) is 27.2 Å². The maximum atomic E-state index is 12.4. The second kappa shape index (κ2) is 8.42. The fraction of sp³-hybridized carbons (Fsp3) is 0.429. The van der Waals surface area contributed by atoms with Crippen molar-refractivity contribution in [2.24, 2.45) is 0 Å². The lowest BCUT2D eigenvalue weighted by Crippen LogP contribution is -2.24. The SMILES string of the molecule is CCOc1ccc(C2CCCN2Cc2cccc(S(=O)(=O)N(C)C)c2)cc1. The van der Waals surface area contributed by atoms with Crippen LogP contribution in [-0.2, 0) is 16.6 Å². The summed E-state index contributed by atoms with van der Waals surface area (Å²) in [5.74, 6) is 0.896. The maximum absolute atomic E-state index is 12.4. The van der Waals surface area contributed by atoms with E-state index in [0.717, 1.165) is 37.2 Å². The van der Waals surface area contributed by atoms with Crippen molar-refractivity contribution >= 4 is 10.0 Å². The average molecular weight is 389 g/mol. The summed E-state index contributed by atoms with van der Waals surface area (Å²) in [6, 6.07) is 16.0. The van der Waals surface area contributed by atoms with Crippen LogP contribution in [0.15, 0.2) is 53.4 Å². The molecule has 1 unspecified atom stereocenters. The summed E-state index contributed by atoms with van der Waals surface area (Å²) in [6.07, 6.45) is 2.26. The lowest BCUT2D eigenvalue weighted by molar-refractivity contribution is 0.248. The molecule has 2 aromatic rings. The second-order valence-corrected chi connectivity index (χ2v) is 9.22. The molecule has 1 aliphatic rings. The Kier molecular flexibility index (Phi) is 6.19. The van der Waals surface area contributed by atoms with Crippen LogP contribution in [0.1, 0.15) is 36.9 Å². The van der Waals surface area contributed by atoms with Crippen LogP contribution in [0.25, 0.3) is 0 Å². The number of rotatable bonds is 7. The molecule has 2 aromatic carbocycles. The maximum Gasteiger partial charge on any atom is 0.242 e. The summed E-state index contributed by atoms with van der Waals surface area (Å²) in [4.78, 5) is 2.78. The fourth-order valence-corrected chi connectivity index (χ4v) is 4.57. The van der Waals surface area contributed by atoms with E-state index in [0.29, 0.717) is 17.5 Å². The molecule has 146 valence electrons. The summed E-state index contributed by atoms with van der Waals surface area (Å²) in [7, 11) is -0.288. The zero-order valence-electron chi connectivity index (χ0n) is 16.3. The predicted octanol–water partition coefficient (Wildman–Crippen LogP) is 3.67. The first-order valence-electron chi connectivity index (χ1n) is 9.40. The van der Waals surface area contributed by atoms with E-state index >= 15 is 0 Å². The molecule has 0 aromatic heterocycles. The number of benzene rings is 2. The first kappa shape index (κ1) is 19.9. The Morgan fingerprint density at radius 3 is 2.56 bits per heavy atom. The van der Waals surface area contributed by atoms with Gasteiger partial charge in [-0.3, -0.25) is 4.90 Å². The van der Waals surface area contributed by atoms with Gasteiger partial charge in [0.05, 0.1) is 11.5 Å². The summed E-state index contributed by atoms with van der Waals surface area (Å²) >= 11 is 0. The molecular formula is C21H28N2O3S. The Bertz CT molecular complexity index is 863. The van der Waals surface area contributed by atoms with Crippen molar-refractivity contribution in [3.8, 4) is 5.75 Å². The van der Waals surface area contributed by atoms with Gasteiger partial charge in [0, 0.05) is 26.7 Å². The molecule has 27 heavy (non-hydrogen) atoms. The summed E-state index contributed by atoms with van der Waals surface area (Å²) in [5.41, 5.74) is 2.31. The zero-order valence-corrected chi connectivity index (χ0v) is 17.1. The van der Waals surface area contributed by atoms with Crippen LogP contribution in [0.3, 0.4) is 0 Å². The molecule has 0 N–H and O–H groups in total. The Morgan fingerprint density at radius 1 is 1.15 bits per heavy atom. The summed E-state index contributed by atoms with van der Waals surface area (Å²) in [6.45, 7) is 4.41. The topological polar surface area (TPSA) is 49.9 Å². The van der Waals surface area contributed by atoms with Crippen LogP contribution in [0.2, 0.25) is 0 Å². The van der Waals surface area contributed by atoms with Gasteiger partial charge in [-0.2, -0.15) is 0 Å². The molecule has 3 rings (SSSR count). The molecule has 0 saturated carbocycles. The van der Waals surface area contributed by atoms with Crippen LogP contribution < -0.4 is 4.74 Å². The van der Waals surface area contributed by atoms with E-state index in [2.05, 4.69) is 17.0 Å². The molecule has 1 heterocycles. The van der Waals surface area contributed by atoms with E-state index in [1.54, 1.807) is 26.2 Å². The van der Waals surface area contributed by atoms with Crippen molar-refractivity contribution in [2.45, 2.75) is 37.2 Å². The highest BCUT2D eigenvalue weighted by molar-refractivity contribution is 7.89. The monoisotopic (exact) mass is 388 g/mol. The molecule has 0 radical (unpaired) electrons. The molecule has 5 nitrogen and oxygen atoms in total. The van der Waals surface area contributed by atoms with Crippen LogP contribution >= 0.6 is 0 Å². The van der Waals surface area contributed by atoms with Crippen LogP contribution in [0, 0.1) is 0 Å². The van der Waals surface area contributed by atoms with E-state index in [9.17, 15) is 8.42 Å². The number of nitrogens with zero attached hydrogens (tertiary/aromatic N) is 2. The highest BCUT2D eigenvalue weighted by atomic mass is 32.2. The molecule has 1 aliphatic heterocycles. The van der Waals surface area contributed by atoms with Gasteiger partial charge in [0.15, 0.2) is 0 Å². The highest BCUT2D eigenvalue weighted by Crippen LogP contribution is 2.34. The molecule has 1 fully saturated rings. The fourth-order valence-electron chi connectivity index (χ4n) is 3.60. The number of ether oxygens (including phenoxy) is 1. The van der Waals surface area contributed by atoms with Crippen molar-refractivity contribution in [3.05, 3.63) is 59.7 Å². The van der Waals surface area contributed by atoms with Crippen molar-refractivity contribution in [1.82, 2.24) is 9.21 Å². The molecule has 0 aliphatic carbocycles. The van der Waals surface area contributed by atoms with E-state index in [1.807, 2.05) is 31.2 Å². The van der Waals surface area contributed by atoms with Gasteiger partial charge in [0.25, 0.3) is 0 Å². The molecule has 0 spiro atoms. The average Bonchev–Trinajstić information content (AvgIpc) is 3.11. The summed E-state index contributed by atoms with van der Waals surface area (Å²) < 4.78 is 31.6. The van der Waals surface area contributed by atoms with Gasteiger partial charge in [-0.05, 0) is 61.7 Å². The third-order valence-electron chi connectivity index (χ3n) is 5.00. The Morgan fingerprint density at radius 2 is 1.89 bits per heavy atom. The van der Waals surface area contributed by atoms with Crippen LogP contribution in [0.4, 0.5) is 0 Å². The minimum absolute atomic E-state index is 0.349. The predicted molar refractivity (Wildman–Crippen MR) is 107 cm³/mol. The first-order chi connectivity index (χ1) is 12.9. The molecule has 1 atom stereocenters. The summed E-state index contributed by atoms with van der Waals surface area (Å²) in [5, 5.41) is 0. The Balaban J connectivity index is 1.77. The van der Waals surface area contributed by atoms with E-state index in [-0.39, 0.29) is 0 Å². The second-order valence-electron chi connectivity index (χ2n) is 7.07. The molecule has 0 bridgehead atoms. The third-order valence-corrected chi connectivity index (χ3v) is 6.81. The molecule has 0 amide bonds. The lowest BCUT2D eigenvalue weighted by Gasteiger charge is -2.25. The van der Waals surface area contributed by atoms with Crippen LogP contribution in [0.5, 0.6) is 5.75 Å². The lowest BCUT2D eigenvalue weighted by atomic mass is 10.0. The quantitative estimate of drug-likeness (QED) is 0.726. The van der Waals surface area contributed by atoms with Gasteiger partial charge in [0.1, 0.15) is 5.75 Å². The number of likely N-dealkylation sites (tertiary alicyclic amines) is 1. The molecular weight excluding hydrogens is 360 g/mol. The number of hydrogen-bond donors (Lipinski definition) is 0. The van der Waals surface area contributed by atoms with Gasteiger partial charge in [-0.15, -0.1) is 0 Å². The molecule has 1 saturated heterocycles. The Hall–Kier alpha value is -1.89. The van der Waals surface area contributed by atoms with Gasteiger partial charge < -0.3 is 4.74 Å². The standard InChI is InChI=1S/C21H28N2O3S/c1-4-26-19-12-10-18(11-13-19)21-9-6-14-23(21)16-17-7-5-8-20(15-17)27(24,25)22(2)3/h5,7-8,10-13,15,21H,4,6,9,14,16H2,1-3H3. The van der Waals surface area contributed by atoms with E-state index in [4.69, 9.17) is 4.74 Å². The highest BCUT2D eigenvalue weighted by Gasteiger charge is 2.26. The normalized spacial score (nSPS) is 18.1. The smallest absolute Gasteiger partial charge is 0.242 e. The van der Waals surface area contributed by atoms with Gasteiger partial charge in [-0.25, -0.2) is 12.7 Å². The van der Waals surface area contributed by atoms with Gasteiger partial charge >= 0.3 is 0 Å².